The van der Waals surface area contributed by atoms with Crippen LogP contribution in [-0.2, 0) is 0 Å². The van der Waals surface area contributed by atoms with Gasteiger partial charge in [-0.3, -0.25) is 0 Å². The molecule has 1 rings (SSSR count). The van der Waals surface area contributed by atoms with Crippen molar-refractivity contribution in [3.8, 4) is 0 Å². The minimum Gasteiger partial charge on any atom is -0.382 e. The lowest BCUT2D eigenvalue weighted by atomic mass is 10.2. The van der Waals surface area contributed by atoms with Gasteiger partial charge in [0.15, 0.2) is 0 Å². The van der Waals surface area contributed by atoms with Gasteiger partial charge in [-0.25, -0.2) is 0 Å². The molecule has 1 nitrogen and oxygen atoms in total. The highest BCUT2D eigenvalue weighted by Gasteiger charge is 2.40. The maximum atomic E-state index is 13.5. The van der Waals surface area contributed by atoms with Crippen LogP contribution in [-0.4, -0.2) is 17.1 Å². The van der Waals surface area contributed by atoms with Crippen molar-refractivity contribution in [1.29, 1.82) is 0 Å². The lowest BCUT2D eigenvalue weighted by molar-refractivity contribution is -0.0476. The van der Waals surface area contributed by atoms with Crippen LogP contribution in [0.3, 0.4) is 0 Å². The van der Waals surface area contributed by atoms with E-state index in [1.54, 1.807) is 30.3 Å². The predicted octanol–water partition coefficient (Wildman–Crippen LogP) is 3.47. The molecule has 16 heavy (non-hydrogen) atoms. The van der Waals surface area contributed by atoms with Gasteiger partial charge in [-0.2, -0.15) is 8.78 Å². The van der Waals surface area contributed by atoms with Gasteiger partial charge in [-0.15, -0.1) is 6.58 Å². The van der Waals surface area contributed by atoms with E-state index in [1.807, 2.05) is 0 Å². The van der Waals surface area contributed by atoms with Gasteiger partial charge in [-0.1, -0.05) is 42.6 Å². The summed E-state index contributed by atoms with van der Waals surface area (Å²) in [5.41, 5.74) is 0. The molecular weight excluding hydrogens is 230 g/mol. The molecule has 86 valence electrons. The van der Waals surface area contributed by atoms with E-state index in [2.05, 4.69) is 13.2 Å². The van der Waals surface area contributed by atoms with E-state index in [0.29, 0.717) is 4.90 Å². The Morgan fingerprint density at radius 2 is 1.94 bits per heavy atom. The Bertz CT molecular complexity index is 376. The van der Waals surface area contributed by atoms with Gasteiger partial charge in [0, 0.05) is 4.90 Å². The van der Waals surface area contributed by atoms with Gasteiger partial charge >= 0.3 is 5.92 Å². The third-order valence-electron chi connectivity index (χ3n) is 1.95. The molecule has 0 aromatic heterocycles. The van der Waals surface area contributed by atoms with Crippen LogP contribution in [0.4, 0.5) is 8.78 Å². The molecule has 1 unspecified atom stereocenters. The maximum absolute atomic E-state index is 13.5. The topological polar surface area (TPSA) is 20.2 Å². The van der Waals surface area contributed by atoms with Crippen molar-refractivity contribution < 1.29 is 13.9 Å². The summed E-state index contributed by atoms with van der Waals surface area (Å²) < 4.78 is 26.9. The van der Waals surface area contributed by atoms with Crippen LogP contribution >= 0.6 is 11.8 Å². The molecular formula is C12H12F2OS. The second-order valence-corrected chi connectivity index (χ2v) is 4.31. The van der Waals surface area contributed by atoms with Crippen LogP contribution in [0.2, 0.25) is 0 Å². The van der Waals surface area contributed by atoms with Gasteiger partial charge in [0.2, 0.25) is 0 Å². The highest BCUT2D eigenvalue weighted by Crippen LogP contribution is 2.38. The van der Waals surface area contributed by atoms with Crippen molar-refractivity contribution in [2.45, 2.75) is 16.9 Å². The molecule has 0 aliphatic heterocycles. The minimum atomic E-state index is -3.37. The van der Waals surface area contributed by atoms with E-state index in [4.69, 9.17) is 5.11 Å². The van der Waals surface area contributed by atoms with Crippen molar-refractivity contribution in [3.05, 3.63) is 54.5 Å². The Labute approximate surface area is 97.5 Å². The fraction of sp³-hybridized carbons (Fsp3) is 0.167. The molecule has 0 heterocycles. The van der Waals surface area contributed by atoms with E-state index in [1.165, 1.54) is 0 Å². The third-order valence-corrected chi connectivity index (χ3v) is 2.98. The molecule has 1 aromatic rings. The minimum absolute atomic E-state index is 0.397. The summed E-state index contributed by atoms with van der Waals surface area (Å²) in [6.45, 7) is 6.43. The first-order chi connectivity index (χ1) is 7.48. The van der Waals surface area contributed by atoms with Crippen molar-refractivity contribution >= 4 is 11.8 Å². The number of aliphatic hydroxyl groups excluding tert-OH is 1. The number of rotatable bonds is 5. The largest absolute Gasteiger partial charge is 0.382 e. The summed E-state index contributed by atoms with van der Waals surface area (Å²) in [6, 6.07) is 8.69. The van der Waals surface area contributed by atoms with Crippen LogP contribution in [0.1, 0.15) is 0 Å². The van der Waals surface area contributed by atoms with Gasteiger partial charge in [-0.05, 0) is 12.1 Å². The average molecular weight is 242 g/mol. The van der Waals surface area contributed by atoms with Crippen LogP contribution < -0.4 is 0 Å². The van der Waals surface area contributed by atoms with Gasteiger partial charge < -0.3 is 5.11 Å². The van der Waals surface area contributed by atoms with E-state index in [0.717, 1.165) is 17.8 Å². The fourth-order valence-corrected chi connectivity index (χ4v) is 1.85. The van der Waals surface area contributed by atoms with Crippen molar-refractivity contribution in [3.63, 3.8) is 0 Å². The quantitative estimate of drug-likeness (QED) is 0.630. The van der Waals surface area contributed by atoms with Crippen LogP contribution in [0.5, 0.6) is 0 Å². The number of benzene rings is 1. The molecule has 1 atom stereocenters. The number of alkyl halides is 2. The predicted molar refractivity (Wildman–Crippen MR) is 62.6 cm³/mol. The monoisotopic (exact) mass is 242 g/mol. The standard InChI is InChI=1S/C12H12F2OS/c1-3-11(15)12(13,14)9(2)16-10-7-5-4-6-8-10/h3-8,11,15H,1-2H2. The number of halogens is 2. The van der Waals surface area contributed by atoms with E-state index in [9.17, 15) is 8.78 Å². The maximum Gasteiger partial charge on any atom is 0.307 e. The van der Waals surface area contributed by atoms with Crippen molar-refractivity contribution in [2.75, 3.05) is 0 Å². The first-order valence-electron chi connectivity index (χ1n) is 4.59. The number of hydrogen-bond donors (Lipinski definition) is 1. The molecule has 4 heteroatoms. The van der Waals surface area contributed by atoms with E-state index in [-0.39, 0.29) is 0 Å². The van der Waals surface area contributed by atoms with Gasteiger partial charge in [0.05, 0.1) is 4.91 Å². The Balaban J connectivity index is 2.76. The normalized spacial score (nSPS) is 13.2. The molecule has 0 saturated heterocycles. The highest BCUT2D eigenvalue weighted by molar-refractivity contribution is 8.03. The highest BCUT2D eigenvalue weighted by atomic mass is 32.2. The van der Waals surface area contributed by atoms with Gasteiger partial charge in [0.1, 0.15) is 6.10 Å². The lowest BCUT2D eigenvalue weighted by Gasteiger charge is -2.21. The Hall–Kier alpha value is -1.13. The molecule has 0 spiro atoms. The van der Waals surface area contributed by atoms with Crippen LogP contribution in [0, 0.1) is 0 Å². The number of hydrogen-bond acceptors (Lipinski definition) is 2. The zero-order chi connectivity index (χ0) is 12.2. The zero-order valence-corrected chi connectivity index (χ0v) is 9.38. The summed E-state index contributed by atoms with van der Waals surface area (Å²) in [4.78, 5) is 0.259. The summed E-state index contributed by atoms with van der Waals surface area (Å²) in [5, 5.41) is 9.09. The van der Waals surface area contributed by atoms with Crippen LogP contribution in [0.15, 0.2) is 59.4 Å². The Morgan fingerprint density at radius 3 is 2.44 bits per heavy atom. The SMILES string of the molecule is C=CC(O)C(F)(F)C(=C)Sc1ccccc1. The second kappa shape index (κ2) is 5.27. The zero-order valence-electron chi connectivity index (χ0n) is 8.57. The summed E-state index contributed by atoms with van der Waals surface area (Å²) >= 11 is 0.842. The first kappa shape index (κ1) is 12.9. The average Bonchev–Trinajstić information content (AvgIpc) is 2.29. The van der Waals surface area contributed by atoms with E-state index >= 15 is 0 Å². The molecule has 0 bridgehead atoms. The van der Waals surface area contributed by atoms with E-state index < -0.39 is 16.9 Å². The molecule has 0 saturated carbocycles. The molecule has 0 fully saturated rings. The summed E-state index contributed by atoms with van der Waals surface area (Å²) in [5.74, 6) is -3.37. The van der Waals surface area contributed by atoms with Gasteiger partial charge in [0.25, 0.3) is 0 Å². The van der Waals surface area contributed by atoms with Crippen LogP contribution in [0.25, 0.3) is 0 Å². The number of thioether (sulfide) groups is 1. The third kappa shape index (κ3) is 2.93. The Kier molecular flexibility index (Phi) is 4.26. The summed E-state index contributed by atoms with van der Waals surface area (Å²) in [7, 11) is 0. The molecule has 0 amide bonds. The fourth-order valence-electron chi connectivity index (χ4n) is 1.01. The molecule has 0 aliphatic carbocycles. The Morgan fingerprint density at radius 1 is 1.38 bits per heavy atom. The molecule has 1 aromatic carbocycles. The van der Waals surface area contributed by atoms with Crippen molar-refractivity contribution in [2.24, 2.45) is 0 Å². The molecule has 1 N–H and O–H groups in total. The summed E-state index contributed by atoms with van der Waals surface area (Å²) in [6.07, 6.45) is -1.10. The lowest BCUT2D eigenvalue weighted by Crippen LogP contribution is -2.32. The molecule has 0 aliphatic rings. The number of aliphatic hydroxyl groups is 1. The van der Waals surface area contributed by atoms with Crippen molar-refractivity contribution in [1.82, 2.24) is 0 Å². The second-order valence-electron chi connectivity index (χ2n) is 3.14. The molecule has 0 radical (unpaired) electrons. The first-order valence-corrected chi connectivity index (χ1v) is 5.41. The smallest absolute Gasteiger partial charge is 0.307 e.